The molecule has 0 bridgehead atoms. The lowest BCUT2D eigenvalue weighted by molar-refractivity contribution is -0.00501. The van der Waals surface area contributed by atoms with Crippen LogP contribution in [0.25, 0.3) is 0 Å². The summed E-state index contributed by atoms with van der Waals surface area (Å²) in [7, 11) is -1.83. The smallest absolute Gasteiger partial charge is 0.241 e. The minimum absolute atomic E-state index is 0.00961. The van der Waals surface area contributed by atoms with Gasteiger partial charge >= 0.3 is 0 Å². The van der Waals surface area contributed by atoms with E-state index in [1.807, 2.05) is 0 Å². The number of rotatable bonds is 9. The molecule has 0 aliphatic rings. The molecule has 0 saturated carbocycles. The Hall–Kier alpha value is 0.0369. The largest absolute Gasteiger partial charge is 0.396 e. The Morgan fingerprint density at radius 2 is 1.41 bits per heavy atom. The van der Waals surface area contributed by atoms with E-state index in [0.717, 1.165) is 17.5 Å². The Bertz CT molecular complexity index is 636. The van der Waals surface area contributed by atoms with Crippen LogP contribution in [0.2, 0.25) is 0 Å². The van der Waals surface area contributed by atoms with Crippen molar-refractivity contribution in [3.8, 4) is 0 Å². The van der Waals surface area contributed by atoms with Gasteiger partial charge in [-0.25, -0.2) is 0 Å². The molecule has 0 fully saturated rings. The molecule has 0 heterocycles. The quantitative estimate of drug-likeness (QED) is 0.228. The van der Waals surface area contributed by atoms with E-state index in [-0.39, 0.29) is 15.1 Å². The fourth-order valence-electron chi connectivity index (χ4n) is 2.98. The van der Waals surface area contributed by atoms with E-state index in [9.17, 15) is 0 Å². The van der Waals surface area contributed by atoms with Gasteiger partial charge in [0.2, 0.25) is 9.04 Å². The second kappa shape index (κ2) is 10.7. The molecule has 2 aromatic carbocycles. The fourth-order valence-corrected chi connectivity index (χ4v) is 7.24. The van der Waals surface area contributed by atoms with E-state index in [1.165, 1.54) is 10.4 Å². The Kier molecular flexibility index (Phi) is 9.25. The lowest BCUT2D eigenvalue weighted by atomic mass is 9.86. The molecule has 0 saturated heterocycles. The molecule has 0 radical (unpaired) electrons. The summed E-state index contributed by atoms with van der Waals surface area (Å²) in [6.45, 7) is 9.76. The van der Waals surface area contributed by atoms with Crippen LogP contribution in [0.1, 0.15) is 34.1 Å². The van der Waals surface area contributed by atoms with Gasteiger partial charge in [-0.3, -0.25) is 0 Å². The third-order valence-corrected chi connectivity index (χ3v) is 10.5. The van der Waals surface area contributed by atoms with Crippen molar-refractivity contribution in [3.05, 3.63) is 60.7 Å². The topological polar surface area (TPSA) is 18.5 Å². The maximum Gasteiger partial charge on any atom is 0.241 e. The van der Waals surface area contributed by atoms with Crippen molar-refractivity contribution in [2.45, 2.75) is 43.8 Å². The molecular weight excluding hydrogens is 578 g/mol. The highest BCUT2D eigenvalue weighted by Crippen LogP contribution is 2.44. The van der Waals surface area contributed by atoms with Gasteiger partial charge in [-0.1, -0.05) is 104 Å². The summed E-state index contributed by atoms with van der Waals surface area (Å²) in [5.41, 5.74) is -0.00961. The molecule has 2 rings (SSSR count). The van der Waals surface area contributed by atoms with Gasteiger partial charge < -0.3 is 9.16 Å². The molecule has 0 amide bonds. The number of benzene rings is 2. The van der Waals surface area contributed by atoms with Gasteiger partial charge in [0.25, 0.3) is 0 Å². The summed E-state index contributed by atoms with van der Waals surface area (Å²) in [5, 5.41) is 2.63. The standard InChI is InChI=1S/C22H30I2O2Si/c1-18(25-16-15-23)17-22(24,21(2,3)4)26-27(19-11-7-5-8-12-19)20-13-9-6-10-14-20/h5-14,18,27H,15-17H2,1-4H3. The molecule has 0 spiro atoms. The predicted octanol–water partition coefficient (Wildman–Crippen LogP) is 4.95. The van der Waals surface area contributed by atoms with Crippen LogP contribution in [0.3, 0.4) is 0 Å². The van der Waals surface area contributed by atoms with Crippen molar-refractivity contribution in [2.75, 3.05) is 11.0 Å². The average molecular weight is 608 g/mol. The third-order valence-electron chi connectivity index (χ3n) is 4.66. The molecule has 0 N–H and O–H groups in total. The zero-order valence-corrected chi connectivity index (χ0v) is 22.1. The minimum atomic E-state index is -1.83. The summed E-state index contributed by atoms with van der Waals surface area (Å²) >= 11 is 4.91. The molecule has 2 aromatic rings. The van der Waals surface area contributed by atoms with Crippen LogP contribution in [0.15, 0.2) is 60.7 Å². The molecule has 2 nitrogen and oxygen atoms in total. The Morgan fingerprint density at radius 1 is 0.926 bits per heavy atom. The lowest BCUT2D eigenvalue weighted by Gasteiger charge is -2.44. The molecule has 148 valence electrons. The Balaban J connectivity index is 2.35. The van der Waals surface area contributed by atoms with Gasteiger partial charge in [0.15, 0.2) is 0 Å². The summed E-state index contributed by atoms with van der Waals surface area (Å²) in [6.07, 6.45) is 1.04. The van der Waals surface area contributed by atoms with Gasteiger partial charge in [0.05, 0.1) is 12.7 Å². The Labute approximate surface area is 193 Å². The second-order valence-corrected chi connectivity index (χ2v) is 13.0. The molecule has 5 heteroatoms. The van der Waals surface area contributed by atoms with Gasteiger partial charge in [0, 0.05) is 10.8 Å². The van der Waals surface area contributed by atoms with Crippen LogP contribution in [-0.4, -0.2) is 29.8 Å². The molecular formula is C22H30I2O2Si. The van der Waals surface area contributed by atoms with Crippen LogP contribution in [0.5, 0.6) is 0 Å². The highest BCUT2D eigenvalue weighted by molar-refractivity contribution is 14.1. The molecule has 2 unspecified atom stereocenters. The van der Waals surface area contributed by atoms with E-state index >= 15 is 0 Å². The SMILES string of the molecule is CC(CC(I)(O[SiH](c1ccccc1)c1ccccc1)C(C)(C)C)OCCI. The van der Waals surface area contributed by atoms with Crippen molar-refractivity contribution in [1.29, 1.82) is 0 Å². The van der Waals surface area contributed by atoms with E-state index in [0.29, 0.717) is 0 Å². The average Bonchev–Trinajstić information content (AvgIpc) is 2.65. The van der Waals surface area contributed by atoms with E-state index in [2.05, 4.69) is 134 Å². The van der Waals surface area contributed by atoms with E-state index < -0.39 is 9.04 Å². The van der Waals surface area contributed by atoms with Gasteiger partial charge in [-0.15, -0.1) is 0 Å². The van der Waals surface area contributed by atoms with Gasteiger partial charge in [0.1, 0.15) is 3.61 Å². The van der Waals surface area contributed by atoms with Crippen molar-refractivity contribution in [3.63, 3.8) is 0 Å². The zero-order valence-electron chi connectivity index (χ0n) is 16.6. The van der Waals surface area contributed by atoms with E-state index in [4.69, 9.17) is 9.16 Å². The summed E-state index contributed by atoms with van der Waals surface area (Å²) in [5.74, 6) is 0. The second-order valence-electron chi connectivity index (χ2n) is 7.87. The molecule has 0 aliphatic heterocycles. The first kappa shape index (κ1) is 23.3. The lowest BCUT2D eigenvalue weighted by Crippen LogP contribution is -2.54. The number of ether oxygens (including phenoxy) is 1. The summed E-state index contributed by atoms with van der Waals surface area (Å²) in [4.78, 5) is 0. The monoisotopic (exact) mass is 608 g/mol. The predicted molar refractivity (Wildman–Crippen MR) is 136 cm³/mol. The maximum absolute atomic E-state index is 7.07. The van der Waals surface area contributed by atoms with Crippen molar-refractivity contribution in [1.82, 2.24) is 0 Å². The number of hydrogen-bond acceptors (Lipinski definition) is 2. The summed E-state index contributed by atoms with van der Waals surface area (Å²) in [6, 6.07) is 21.4. The minimum Gasteiger partial charge on any atom is -0.396 e. The third kappa shape index (κ3) is 6.80. The molecule has 0 aliphatic carbocycles. The first-order valence-electron chi connectivity index (χ1n) is 9.41. The number of halogens is 2. The van der Waals surface area contributed by atoms with Crippen LogP contribution in [-0.2, 0) is 9.16 Å². The van der Waals surface area contributed by atoms with Crippen molar-refractivity contribution in [2.24, 2.45) is 5.41 Å². The number of alkyl halides is 2. The first-order valence-corrected chi connectivity index (χ1v) is 13.6. The van der Waals surface area contributed by atoms with Crippen LogP contribution in [0, 0.1) is 5.41 Å². The van der Waals surface area contributed by atoms with Crippen molar-refractivity contribution >= 4 is 64.6 Å². The molecule has 27 heavy (non-hydrogen) atoms. The highest BCUT2D eigenvalue weighted by Gasteiger charge is 2.44. The number of hydrogen-bond donors (Lipinski definition) is 0. The van der Waals surface area contributed by atoms with Gasteiger partial charge in [-0.05, 0) is 45.3 Å². The molecule has 0 aromatic heterocycles. The fraction of sp³-hybridized carbons (Fsp3) is 0.455. The van der Waals surface area contributed by atoms with Crippen LogP contribution in [0.4, 0.5) is 0 Å². The van der Waals surface area contributed by atoms with Crippen LogP contribution >= 0.6 is 45.2 Å². The van der Waals surface area contributed by atoms with Crippen molar-refractivity contribution < 1.29 is 9.16 Å². The maximum atomic E-state index is 7.07. The zero-order chi connectivity index (χ0) is 19.9. The highest BCUT2D eigenvalue weighted by atomic mass is 127. The van der Waals surface area contributed by atoms with Gasteiger partial charge in [-0.2, -0.15) is 0 Å². The molecule has 2 atom stereocenters. The summed E-state index contributed by atoms with van der Waals surface area (Å²) < 4.78 is 13.8. The van der Waals surface area contributed by atoms with E-state index in [1.54, 1.807) is 0 Å². The van der Waals surface area contributed by atoms with Crippen LogP contribution < -0.4 is 10.4 Å². The first-order chi connectivity index (χ1) is 12.8. The normalized spacial score (nSPS) is 15.5. The Morgan fingerprint density at radius 3 is 1.81 bits per heavy atom.